The Labute approximate surface area is 206 Å². The Morgan fingerprint density at radius 3 is 2.76 bits per heavy atom. The lowest BCUT2D eigenvalue weighted by atomic mass is 9.89. The van der Waals surface area contributed by atoms with Gasteiger partial charge in [0.05, 0.1) is 6.04 Å². The maximum Gasteiger partial charge on any atom is 0.289 e. The average molecular weight is 491 g/mol. The molecule has 1 aromatic rings. The molecule has 0 spiro atoms. The van der Waals surface area contributed by atoms with Crippen molar-refractivity contribution in [1.82, 2.24) is 10.2 Å². The molecular formula is C26H35ClN2O3S. The molecule has 3 aliphatic rings. The number of rotatable bonds is 8. The van der Waals surface area contributed by atoms with Gasteiger partial charge in [0, 0.05) is 16.8 Å². The van der Waals surface area contributed by atoms with E-state index in [2.05, 4.69) is 17.1 Å². The van der Waals surface area contributed by atoms with Crippen molar-refractivity contribution in [1.29, 1.82) is 0 Å². The average Bonchev–Trinajstić information content (AvgIpc) is 2.82. The van der Waals surface area contributed by atoms with Crippen molar-refractivity contribution < 1.29 is 14.3 Å². The number of carbonyl (C=O) groups is 2. The van der Waals surface area contributed by atoms with Crippen molar-refractivity contribution in [2.75, 3.05) is 18.8 Å². The van der Waals surface area contributed by atoms with Crippen LogP contribution in [0.15, 0.2) is 30.0 Å². The third-order valence-electron chi connectivity index (χ3n) is 6.83. The number of amides is 2. The lowest BCUT2D eigenvalue weighted by molar-refractivity contribution is -0.151. The molecule has 2 aliphatic carbocycles. The van der Waals surface area contributed by atoms with E-state index in [1.807, 2.05) is 12.1 Å². The summed E-state index contributed by atoms with van der Waals surface area (Å²) in [6, 6.07) is 7.32. The predicted molar refractivity (Wildman–Crippen MR) is 135 cm³/mol. The van der Waals surface area contributed by atoms with Crippen LogP contribution in [-0.2, 0) is 14.3 Å². The summed E-state index contributed by atoms with van der Waals surface area (Å²) in [5.74, 6) is 1.09. The van der Waals surface area contributed by atoms with Crippen LogP contribution in [-0.4, -0.2) is 53.0 Å². The van der Waals surface area contributed by atoms with Gasteiger partial charge in [0.15, 0.2) is 5.76 Å². The fourth-order valence-electron chi connectivity index (χ4n) is 5.10. The Balaban J connectivity index is 1.32. The Hall–Kier alpha value is -1.66. The maximum absolute atomic E-state index is 13.3. The first-order valence-electron chi connectivity index (χ1n) is 12.4. The van der Waals surface area contributed by atoms with Crippen LogP contribution in [0.1, 0.15) is 69.8 Å². The van der Waals surface area contributed by atoms with Crippen LogP contribution in [0.25, 0.3) is 6.08 Å². The predicted octanol–water partition coefficient (Wildman–Crippen LogP) is 5.42. The van der Waals surface area contributed by atoms with E-state index >= 15 is 0 Å². The minimum absolute atomic E-state index is 0.0321. The lowest BCUT2D eigenvalue weighted by Gasteiger charge is -2.44. The molecule has 1 N–H and O–H groups in total. The van der Waals surface area contributed by atoms with Gasteiger partial charge in [-0.05, 0) is 68.0 Å². The summed E-state index contributed by atoms with van der Waals surface area (Å²) < 4.78 is 6.12. The highest BCUT2D eigenvalue weighted by Gasteiger charge is 2.42. The van der Waals surface area contributed by atoms with Gasteiger partial charge >= 0.3 is 0 Å². The van der Waals surface area contributed by atoms with Gasteiger partial charge in [-0.3, -0.25) is 9.59 Å². The first kappa shape index (κ1) is 24.5. The van der Waals surface area contributed by atoms with Gasteiger partial charge in [0.1, 0.15) is 12.6 Å². The molecule has 1 saturated heterocycles. The third kappa shape index (κ3) is 6.92. The van der Waals surface area contributed by atoms with E-state index in [4.69, 9.17) is 16.3 Å². The summed E-state index contributed by atoms with van der Waals surface area (Å²) in [6.07, 6.45) is 13.4. The Morgan fingerprint density at radius 2 is 1.94 bits per heavy atom. The topological polar surface area (TPSA) is 58.6 Å². The van der Waals surface area contributed by atoms with Gasteiger partial charge < -0.3 is 15.0 Å². The molecule has 0 aromatic heterocycles. The van der Waals surface area contributed by atoms with Crippen LogP contribution in [0.4, 0.5) is 0 Å². The highest BCUT2D eigenvalue weighted by atomic mass is 35.5. The largest absolute Gasteiger partial charge is 0.482 e. The fourth-order valence-corrected chi connectivity index (χ4v) is 6.61. The van der Waals surface area contributed by atoms with Gasteiger partial charge in [-0.2, -0.15) is 11.8 Å². The summed E-state index contributed by atoms with van der Waals surface area (Å²) in [4.78, 5) is 27.7. The van der Waals surface area contributed by atoms with Gasteiger partial charge in [-0.15, -0.1) is 0 Å². The van der Waals surface area contributed by atoms with Crippen LogP contribution in [0, 0.1) is 0 Å². The number of benzene rings is 1. The number of nitrogens with one attached hydrogen (secondary N) is 1. The first-order valence-corrected chi connectivity index (χ1v) is 13.9. The van der Waals surface area contributed by atoms with E-state index in [-0.39, 0.29) is 30.5 Å². The van der Waals surface area contributed by atoms with E-state index in [1.165, 1.54) is 32.1 Å². The zero-order valence-corrected chi connectivity index (χ0v) is 20.8. The van der Waals surface area contributed by atoms with E-state index in [0.29, 0.717) is 17.3 Å². The summed E-state index contributed by atoms with van der Waals surface area (Å²) >= 11 is 8.16. The van der Waals surface area contributed by atoms with Crippen LogP contribution in [0.3, 0.4) is 0 Å². The summed E-state index contributed by atoms with van der Waals surface area (Å²) in [6.45, 7) is 0.752. The van der Waals surface area contributed by atoms with Crippen molar-refractivity contribution in [2.24, 2.45) is 0 Å². The molecular weight excluding hydrogens is 456 g/mol. The van der Waals surface area contributed by atoms with Crippen molar-refractivity contribution in [3.8, 4) is 0 Å². The molecule has 1 aromatic carbocycles. The van der Waals surface area contributed by atoms with E-state index in [9.17, 15) is 9.59 Å². The normalized spacial score (nSPS) is 24.9. The number of nitrogens with zero attached hydrogens (tertiary/aromatic N) is 1. The summed E-state index contributed by atoms with van der Waals surface area (Å²) in [7, 11) is 0. The number of halogens is 1. The summed E-state index contributed by atoms with van der Waals surface area (Å²) in [5.41, 5.74) is 0.819. The monoisotopic (exact) mass is 490 g/mol. The molecule has 33 heavy (non-hydrogen) atoms. The highest BCUT2D eigenvalue weighted by Crippen LogP contribution is 2.33. The minimum atomic E-state index is -0.207. The number of carbonyl (C=O) groups excluding carboxylic acids is 2. The molecule has 2 saturated carbocycles. The third-order valence-corrected chi connectivity index (χ3v) is 8.53. The fraction of sp³-hybridized carbons (Fsp3) is 0.615. The molecule has 2 amide bonds. The second-order valence-corrected chi connectivity index (χ2v) is 11.2. The van der Waals surface area contributed by atoms with E-state index in [0.717, 1.165) is 48.7 Å². The van der Waals surface area contributed by atoms with Crippen LogP contribution < -0.4 is 5.32 Å². The van der Waals surface area contributed by atoms with E-state index in [1.54, 1.807) is 23.1 Å². The molecule has 4 rings (SSSR count). The number of hydrogen-bond acceptors (Lipinski definition) is 4. The second kappa shape index (κ2) is 12.2. The Bertz CT molecular complexity index is 856. The zero-order valence-electron chi connectivity index (χ0n) is 19.3. The first-order chi connectivity index (χ1) is 16.1. The van der Waals surface area contributed by atoms with Gasteiger partial charge in [0.25, 0.3) is 5.91 Å². The molecule has 1 aliphatic heterocycles. The number of thioether (sulfide) groups is 1. The number of fused-ring (bicyclic) bond motifs is 1. The molecule has 180 valence electrons. The number of ether oxygens (including phenoxy) is 1. The molecule has 2 unspecified atom stereocenters. The smallest absolute Gasteiger partial charge is 0.289 e. The molecule has 1 heterocycles. The van der Waals surface area contributed by atoms with Crippen molar-refractivity contribution >= 4 is 41.3 Å². The van der Waals surface area contributed by atoms with Gasteiger partial charge in [0.2, 0.25) is 5.91 Å². The van der Waals surface area contributed by atoms with Gasteiger partial charge in [-0.25, -0.2) is 0 Å². The standard InChI is InChI=1S/C26H35ClN2O3S/c27-20-9-6-8-19(16-20)17-24-26(31)29(22-12-4-5-13-23(22)32-24)18-25(30)28-14-7-15-33-21-10-2-1-3-11-21/h6,8-9,16-17,21-23H,1-5,7,10-15,18H2,(H,28,30)/b24-17+. The van der Waals surface area contributed by atoms with Crippen LogP contribution in [0.2, 0.25) is 5.02 Å². The quantitative estimate of drug-likeness (QED) is 0.390. The second-order valence-electron chi connectivity index (χ2n) is 9.34. The molecule has 0 bridgehead atoms. The molecule has 2 atom stereocenters. The number of morpholine rings is 1. The SMILES string of the molecule is O=C(CN1C(=O)/C(=C\c2cccc(Cl)c2)OC2CCCCC21)NCCCSC1CCCCC1. The molecule has 5 nitrogen and oxygen atoms in total. The Morgan fingerprint density at radius 1 is 1.15 bits per heavy atom. The van der Waals surface area contributed by atoms with Crippen LogP contribution in [0.5, 0.6) is 0 Å². The molecule has 0 radical (unpaired) electrons. The van der Waals surface area contributed by atoms with Crippen LogP contribution >= 0.6 is 23.4 Å². The maximum atomic E-state index is 13.3. The van der Waals surface area contributed by atoms with E-state index < -0.39 is 0 Å². The van der Waals surface area contributed by atoms with Crippen molar-refractivity contribution in [3.63, 3.8) is 0 Å². The zero-order chi connectivity index (χ0) is 23.0. The molecule has 3 fully saturated rings. The Kier molecular flexibility index (Phi) is 9.02. The number of hydrogen-bond donors (Lipinski definition) is 1. The van der Waals surface area contributed by atoms with Gasteiger partial charge in [-0.1, -0.05) is 49.4 Å². The van der Waals surface area contributed by atoms with Crippen molar-refractivity contribution in [2.45, 2.75) is 81.6 Å². The minimum Gasteiger partial charge on any atom is -0.482 e. The highest BCUT2D eigenvalue weighted by molar-refractivity contribution is 7.99. The lowest BCUT2D eigenvalue weighted by Crippen LogP contribution is -2.57. The van der Waals surface area contributed by atoms with Crippen molar-refractivity contribution in [3.05, 3.63) is 40.6 Å². The molecule has 7 heteroatoms. The summed E-state index contributed by atoms with van der Waals surface area (Å²) in [5, 5.41) is 4.44.